The van der Waals surface area contributed by atoms with Gasteiger partial charge in [0.2, 0.25) is 4.96 Å². The van der Waals surface area contributed by atoms with Crippen LogP contribution in [0.1, 0.15) is 17.4 Å². The van der Waals surface area contributed by atoms with E-state index in [9.17, 15) is 4.79 Å². The van der Waals surface area contributed by atoms with Crippen LogP contribution in [-0.2, 0) is 4.74 Å². The lowest BCUT2D eigenvalue weighted by atomic mass is 10.5. The number of nitrogens with zero attached hydrogens (tertiary/aromatic N) is 3. The minimum Gasteiger partial charge on any atom is -0.461 e. The van der Waals surface area contributed by atoms with E-state index in [2.05, 4.69) is 10.1 Å². The summed E-state index contributed by atoms with van der Waals surface area (Å²) in [6.07, 6.45) is 3.42. The lowest BCUT2D eigenvalue weighted by Gasteiger charge is -1.97. The molecule has 0 aliphatic carbocycles. The Bertz CT molecular complexity index is 491. The van der Waals surface area contributed by atoms with E-state index in [1.165, 1.54) is 33.8 Å². The summed E-state index contributed by atoms with van der Waals surface area (Å²) in [5.74, 6) is -0.386. The van der Waals surface area contributed by atoms with E-state index >= 15 is 0 Å². The van der Waals surface area contributed by atoms with E-state index in [1.807, 2.05) is 6.26 Å². The summed E-state index contributed by atoms with van der Waals surface area (Å²) < 4.78 is 7.30. The normalized spacial score (nSPS) is 10.8. The fourth-order valence-corrected chi connectivity index (χ4v) is 2.43. The van der Waals surface area contributed by atoms with Crippen molar-refractivity contribution in [2.75, 3.05) is 12.9 Å². The van der Waals surface area contributed by atoms with Gasteiger partial charge in [-0.2, -0.15) is 4.52 Å². The molecule has 0 bridgehead atoms. The maximum atomic E-state index is 11.5. The van der Waals surface area contributed by atoms with Crippen LogP contribution in [0.15, 0.2) is 10.5 Å². The van der Waals surface area contributed by atoms with Crippen molar-refractivity contribution in [1.29, 1.82) is 0 Å². The molecule has 0 radical (unpaired) electrons. The number of carbonyl (C=O) groups excluding carboxylic acids is 1. The van der Waals surface area contributed by atoms with Gasteiger partial charge in [-0.1, -0.05) is 23.1 Å². The Morgan fingerprint density at radius 1 is 1.73 bits per heavy atom. The van der Waals surface area contributed by atoms with Crippen molar-refractivity contribution in [3.63, 3.8) is 0 Å². The minimum atomic E-state index is -0.386. The molecule has 0 aliphatic heterocycles. The second-order valence-corrected chi connectivity index (χ2v) is 4.64. The number of ether oxygens (including phenoxy) is 1. The van der Waals surface area contributed by atoms with Crippen molar-refractivity contribution in [2.45, 2.75) is 11.3 Å². The lowest BCUT2D eigenvalue weighted by molar-refractivity contribution is 0.0516. The van der Waals surface area contributed by atoms with Crippen LogP contribution in [0.3, 0.4) is 0 Å². The van der Waals surface area contributed by atoms with E-state index in [0.717, 1.165) is 4.34 Å². The summed E-state index contributed by atoms with van der Waals surface area (Å²) in [6.45, 7) is 2.12. The SMILES string of the molecule is CCOC(=O)c1cnc2sc(SC)nn12. The zero-order chi connectivity index (χ0) is 10.8. The van der Waals surface area contributed by atoms with E-state index in [0.29, 0.717) is 17.3 Å². The molecule has 80 valence electrons. The maximum absolute atomic E-state index is 11.5. The molecule has 0 spiro atoms. The molecular formula is C8H9N3O2S2. The number of carbonyl (C=O) groups is 1. The second-order valence-electron chi connectivity index (χ2n) is 2.63. The Balaban J connectivity index is 2.42. The van der Waals surface area contributed by atoms with Gasteiger partial charge in [0.05, 0.1) is 12.8 Å². The van der Waals surface area contributed by atoms with E-state index in [4.69, 9.17) is 4.74 Å². The lowest BCUT2D eigenvalue weighted by Crippen LogP contribution is -2.08. The molecule has 0 saturated carbocycles. The summed E-state index contributed by atoms with van der Waals surface area (Å²) >= 11 is 2.98. The molecule has 0 fully saturated rings. The highest BCUT2D eigenvalue weighted by Gasteiger charge is 2.16. The third-order valence-electron chi connectivity index (χ3n) is 1.73. The van der Waals surface area contributed by atoms with Gasteiger partial charge >= 0.3 is 5.97 Å². The predicted molar refractivity (Wildman–Crippen MR) is 58.6 cm³/mol. The van der Waals surface area contributed by atoms with E-state index in [-0.39, 0.29) is 5.97 Å². The number of hydrogen-bond donors (Lipinski definition) is 0. The van der Waals surface area contributed by atoms with Gasteiger partial charge in [-0.25, -0.2) is 9.78 Å². The molecular weight excluding hydrogens is 234 g/mol. The average Bonchev–Trinajstić information content (AvgIpc) is 2.75. The van der Waals surface area contributed by atoms with Gasteiger partial charge in [0.25, 0.3) is 0 Å². The van der Waals surface area contributed by atoms with Gasteiger partial charge in [-0.15, -0.1) is 5.10 Å². The van der Waals surface area contributed by atoms with Crippen LogP contribution < -0.4 is 0 Å². The standard InChI is InChI=1S/C8H9N3O2S2/c1-3-13-6(12)5-4-9-7-11(5)10-8(14-2)15-7/h4H,3H2,1-2H3. The van der Waals surface area contributed by atoms with Crippen LogP contribution in [0.25, 0.3) is 4.96 Å². The van der Waals surface area contributed by atoms with Crippen LogP contribution >= 0.6 is 23.1 Å². The first-order valence-corrected chi connectivity index (χ1v) is 6.36. The van der Waals surface area contributed by atoms with Crippen LogP contribution in [0.5, 0.6) is 0 Å². The minimum absolute atomic E-state index is 0.353. The third-order valence-corrected chi connectivity index (χ3v) is 3.62. The fraction of sp³-hybridized carbons (Fsp3) is 0.375. The molecule has 2 rings (SSSR count). The van der Waals surface area contributed by atoms with E-state index < -0.39 is 0 Å². The quantitative estimate of drug-likeness (QED) is 0.606. The third kappa shape index (κ3) is 1.84. The van der Waals surface area contributed by atoms with Crippen molar-refractivity contribution in [3.8, 4) is 0 Å². The monoisotopic (exact) mass is 243 g/mol. The summed E-state index contributed by atoms with van der Waals surface area (Å²) in [5.41, 5.74) is 0.378. The number of hydrogen-bond acceptors (Lipinski definition) is 6. The molecule has 0 unspecified atom stereocenters. The molecule has 0 N–H and O–H groups in total. The van der Waals surface area contributed by atoms with Gasteiger partial charge < -0.3 is 4.74 Å². The number of imidazole rings is 1. The average molecular weight is 243 g/mol. The van der Waals surface area contributed by atoms with Crippen LogP contribution in [-0.4, -0.2) is 33.4 Å². The fourth-order valence-electron chi connectivity index (χ4n) is 1.10. The molecule has 2 aromatic heterocycles. The zero-order valence-corrected chi connectivity index (χ0v) is 9.89. The first-order chi connectivity index (χ1) is 7.26. The summed E-state index contributed by atoms with van der Waals surface area (Å²) in [6, 6.07) is 0. The van der Waals surface area contributed by atoms with Gasteiger partial charge in [0.1, 0.15) is 0 Å². The smallest absolute Gasteiger partial charge is 0.358 e. The Kier molecular flexibility index (Phi) is 2.92. The van der Waals surface area contributed by atoms with Crippen molar-refractivity contribution < 1.29 is 9.53 Å². The molecule has 0 aromatic carbocycles. The van der Waals surface area contributed by atoms with E-state index in [1.54, 1.807) is 6.92 Å². The molecule has 2 heterocycles. The zero-order valence-electron chi connectivity index (χ0n) is 8.26. The summed E-state index contributed by atoms with van der Waals surface area (Å²) in [4.78, 5) is 16.3. The Morgan fingerprint density at radius 3 is 3.20 bits per heavy atom. The summed E-state index contributed by atoms with van der Waals surface area (Å²) in [5, 5.41) is 4.23. The van der Waals surface area contributed by atoms with Gasteiger partial charge in [0.15, 0.2) is 10.0 Å². The maximum Gasteiger partial charge on any atom is 0.358 e. The topological polar surface area (TPSA) is 56.5 Å². The Hall–Kier alpha value is -1.08. The number of thioether (sulfide) groups is 1. The van der Waals surface area contributed by atoms with Crippen LogP contribution in [0, 0.1) is 0 Å². The molecule has 7 heteroatoms. The first-order valence-electron chi connectivity index (χ1n) is 4.32. The molecule has 0 aliphatic rings. The van der Waals surface area contributed by atoms with Crippen molar-refractivity contribution in [2.24, 2.45) is 0 Å². The highest BCUT2D eigenvalue weighted by molar-refractivity contribution is 8.00. The predicted octanol–water partition coefficient (Wildman–Crippen LogP) is 1.69. The van der Waals surface area contributed by atoms with Crippen molar-refractivity contribution in [3.05, 3.63) is 11.9 Å². The highest BCUT2D eigenvalue weighted by Crippen LogP contribution is 2.23. The molecule has 0 atom stereocenters. The largest absolute Gasteiger partial charge is 0.461 e. The van der Waals surface area contributed by atoms with Gasteiger partial charge in [-0.05, 0) is 13.2 Å². The molecule has 2 aromatic rings. The van der Waals surface area contributed by atoms with Gasteiger partial charge in [-0.3, -0.25) is 0 Å². The van der Waals surface area contributed by atoms with Gasteiger partial charge in [0, 0.05) is 0 Å². The van der Waals surface area contributed by atoms with Crippen molar-refractivity contribution >= 4 is 34.0 Å². The number of aromatic nitrogens is 3. The first kappa shape index (κ1) is 10.4. The number of fused-ring (bicyclic) bond motifs is 1. The Labute approximate surface area is 94.5 Å². The Morgan fingerprint density at radius 2 is 2.53 bits per heavy atom. The number of esters is 1. The number of rotatable bonds is 3. The molecule has 5 nitrogen and oxygen atoms in total. The van der Waals surface area contributed by atoms with Crippen molar-refractivity contribution in [1.82, 2.24) is 14.6 Å². The highest BCUT2D eigenvalue weighted by atomic mass is 32.2. The van der Waals surface area contributed by atoms with Crippen LogP contribution in [0.2, 0.25) is 0 Å². The summed E-state index contributed by atoms with van der Waals surface area (Å²) in [7, 11) is 0. The molecule has 0 saturated heterocycles. The molecule has 15 heavy (non-hydrogen) atoms. The second kappa shape index (κ2) is 4.19. The molecule has 0 amide bonds. The van der Waals surface area contributed by atoms with Crippen LogP contribution in [0.4, 0.5) is 0 Å².